The molecule has 0 aromatic carbocycles. The molecule has 0 aromatic rings. The number of nitrogens with zero attached hydrogens (tertiary/aromatic N) is 1. The third-order valence-corrected chi connectivity index (χ3v) is 4.34. The molecular weight excluding hydrogens is 232 g/mol. The highest BCUT2D eigenvalue weighted by Gasteiger charge is 2.36. The van der Waals surface area contributed by atoms with Crippen LogP contribution in [0.4, 0.5) is 0 Å². The first-order valence-corrected chi connectivity index (χ1v) is 6.98. The van der Waals surface area contributed by atoms with Crippen LogP contribution >= 0.6 is 0 Å². The van der Waals surface area contributed by atoms with Crippen molar-refractivity contribution in [2.45, 2.75) is 19.9 Å². The van der Waals surface area contributed by atoms with Crippen molar-refractivity contribution in [3.63, 3.8) is 0 Å². The van der Waals surface area contributed by atoms with Gasteiger partial charge in [-0.1, -0.05) is 0 Å². The van der Waals surface area contributed by atoms with E-state index in [1.807, 2.05) is 0 Å². The Morgan fingerprint density at radius 1 is 1.50 bits per heavy atom. The van der Waals surface area contributed by atoms with E-state index in [1.165, 1.54) is 4.31 Å². The van der Waals surface area contributed by atoms with Gasteiger partial charge >= 0.3 is 0 Å². The number of hydrogen-bond donors (Lipinski definition) is 1. The number of hydrogen-bond acceptors (Lipinski definition) is 4. The van der Waals surface area contributed by atoms with Crippen LogP contribution in [-0.4, -0.2) is 56.7 Å². The fourth-order valence-corrected chi connectivity index (χ4v) is 2.81. The zero-order chi connectivity index (χ0) is 12.2. The molecule has 1 N–H and O–H groups in total. The minimum absolute atomic E-state index is 0.00288. The zero-order valence-corrected chi connectivity index (χ0v) is 10.4. The quantitative estimate of drug-likeness (QED) is 0.707. The summed E-state index contributed by atoms with van der Waals surface area (Å²) >= 11 is 0. The first-order valence-electron chi connectivity index (χ1n) is 5.38. The smallest absolute Gasteiger partial charge is 0.240 e. The van der Waals surface area contributed by atoms with Crippen LogP contribution in [0.1, 0.15) is 13.8 Å². The first-order chi connectivity index (χ1) is 7.53. The fraction of sp³-hybridized carbons (Fsp3) is 0.889. The molecule has 0 aromatic heterocycles. The molecule has 0 aliphatic carbocycles. The van der Waals surface area contributed by atoms with Crippen LogP contribution in [-0.2, 0) is 19.6 Å². The molecule has 16 heavy (non-hydrogen) atoms. The Morgan fingerprint density at radius 3 is 2.75 bits per heavy atom. The molecule has 1 fully saturated rings. The standard InChI is InChI=1S/C9H18N2O4S/c1-3-10-9(12)8-7-15-6-5-11(8)16(13,14)4-2/h8H,3-7H2,1-2H3,(H,10,12). The van der Waals surface area contributed by atoms with Crippen LogP contribution in [0, 0.1) is 0 Å². The Balaban J connectivity index is 2.83. The highest BCUT2D eigenvalue weighted by Crippen LogP contribution is 2.13. The second-order valence-electron chi connectivity index (χ2n) is 3.50. The SMILES string of the molecule is CCNC(=O)C1COCCN1S(=O)(=O)CC. The molecule has 1 aliphatic heterocycles. The van der Waals surface area contributed by atoms with Gasteiger partial charge in [-0.2, -0.15) is 4.31 Å². The molecule has 1 atom stereocenters. The van der Waals surface area contributed by atoms with Crippen molar-refractivity contribution >= 4 is 15.9 Å². The number of likely N-dealkylation sites (N-methyl/N-ethyl adjacent to an activating group) is 1. The van der Waals surface area contributed by atoms with Gasteiger partial charge in [0.25, 0.3) is 0 Å². The Morgan fingerprint density at radius 2 is 2.19 bits per heavy atom. The van der Waals surface area contributed by atoms with Crippen LogP contribution in [0.2, 0.25) is 0 Å². The Bertz CT molecular complexity index is 341. The second-order valence-corrected chi connectivity index (χ2v) is 5.71. The van der Waals surface area contributed by atoms with Crippen LogP contribution in [0.5, 0.6) is 0 Å². The van der Waals surface area contributed by atoms with Gasteiger partial charge in [0.05, 0.1) is 19.0 Å². The van der Waals surface area contributed by atoms with E-state index < -0.39 is 16.1 Å². The van der Waals surface area contributed by atoms with E-state index in [0.29, 0.717) is 13.2 Å². The van der Waals surface area contributed by atoms with Gasteiger partial charge in [0, 0.05) is 13.1 Å². The minimum Gasteiger partial charge on any atom is -0.378 e. The van der Waals surface area contributed by atoms with Crippen LogP contribution in [0.25, 0.3) is 0 Å². The predicted octanol–water partition coefficient (Wildman–Crippen LogP) is -0.827. The lowest BCUT2D eigenvalue weighted by Gasteiger charge is -2.33. The van der Waals surface area contributed by atoms with Crippen LogP contribution in [0.15, 0.2) is 0 Å². The molecular formula is C9H18N2O4S. The molecule has 0 radical (unpaired) electrons. The van der Waals surface area contributed by atoms with E-state index in [4.69, 9.17) is 4.74 Å². The summed E-state index contributed by atoms with van der Waals surface area (Å²) in [7, 11) is -3.34. The van der Waals surface area contributed by atoms with E-state index in [2.05, 4.69) is 5.32 Å². The van der Waals surface area contributed by atoms with Crippen molar-refractivity contribution < 1.29 is 17.9 Å². The number of nitrogens with one attached hydrogen (secondary N) is 1. The summed E-state index contributed by atoms with van der Waals surface area (Å²) in [6.45, 7) is 4.56. The number of amides is 1. The molecule has 1 saturated heterocycles. The third kappa shape index (κ3) is 2.93. The average Bonchev–Trinajstić information content (AvgIpc) is 2.29. The lowest BCUT2D eigenvalue weighted by Crippen LogP contribution is -2.56. The third-order valence-electron chi connectivity index (χ3n) is 2.46. The number of sulfonamides is 1. The number of rotatable bonds is 4. The Kier molecular flexibility index (Phi) is 4.69. The zero-order valence-electron chi connectivity index (χ0n) is 9.60. The second kappa shape index (κ2) is 5.60. The minimum atomic E-state index is -3.34. The summed E-state index contributed by atoms with van der Waals surface area (Å²) in [6.07, 6.45) is 0. The van der Waals surface area contributed by atoms with Gasteiger partial charge in [0.1, 0.15) is 6.04 Å². The lowest BCUT2D eigenvalue weighted by atomic mass is 10.2. The summed E-state index contributed by atoms with van der Waals surface area (Å²) < 4.78 is 29.9. The average molecular weight is 250 g/mol. The maximum absolute atomic E-state index is 11.8. The van der Waals surface area contributed by atoms with Gasteiger partial charge in [0.15, 0.2) is 0 Å². The van der Waals surface area contributed by atoms with Gasteiger partial charge in [0.2, 0.25) is 15.9 Å². The summed E-state index contributed by atoms with van der Waals surface area (Å²) in [4.78, 5) is 11.7. The van der Waals surface area contributed by atoms with E-state index >= 15 is 0 Å². The maximum atomic E-state index is 11.8. The largest absolute Gasteiger partial charge is 0.378 e. The van der Waals surface area contributed by atoms with Crippen molar-refractivity contribution in [2.75, 3.05) is 32.1 Å². The molecule has 6 nitrogen and oxygen atoms in total. The number of ether oxygens (including phenoxy) is 1. The van der Waals surface area contributed by atoms with Gasteiger partial charge < -0.3 is 10.1 Å². The maximum Gasteiger partial charge on any atom is 0.240 e. The normalized spacial score (nSPS) is 23.0. The number of morpholine rings is 1. The first kappa shape index (κ1) is 13.4. The molecule has 1 aliphatic rings. The van der Waals surface area contributed by atoms with E-state index in [9.17, 15) is 13.2 Å². The van der Waals surface area contributed by atoms with E-state index in [1.54, 1.807) is 13.8 Å². The van der Waals surface area contributed by atoms with Gasteiger partial charge in [-0.05, 0) is 13.8 Å². The summed E-state index contributed by atoms with van der Waals surface area (Å²) in [5, 5.41) is 2.62. The van der Waals surface area contributed by atoms with E-state index in [0.717, 1.165) is 0 Å². The molecule has 1 rings (SSSR count). The highest BCUT2D eigenvalue weighted by atomic mass is 32.2. The monoisotopic (exact) mass is 250 g/mol. The summed E-state index contributed by atoms with van der Waals surface area (Å²) in [6, 6.07) is -0.723. The van der Waals surface area contributed by atoms with Gasteiger partial charge in [-0.25, -0.2) is 8.42 Å². The molecule has 1 heterocycles. The summed E-state index contributed by atoms with van der Waals surface area (Å²) in [5.41, 5.74) is 0. The topological polar surface area (TPSA) is 75.7 Å². The highest BCUT2D eigenvalue weighted by molar-refractivity contribution is 7.89. The number of carbonyl (C=O) groups excluding carboxylic acids is 1. The Hall–Kier alpha value is -0.660. The van der Waals surface area contributed by atoms with Crippen LogP contribution < -0.4 is 5.32 Å². The molecule has 1 unspecified atom stereocenters. The van der Waals surface area contributed by atoms with Crippen molar-refractivity contribution in [2.24, 2.45) is 0 Å². The molecule has 7 heteroatoms. The van der Waals surface area contributed by atoms with Gasteiger partial charge in [-0.3, -0.25) is 4.79 Å². The molecule has 1 amide bonds. The van der Waals surface area contributed by atoms with Crippen molar-refractivity contribution in [1.82, 2.24) is 9.62 Å². The van der Waals surface area contributed by atoms with Gasteiger partial charge in [-0.15, -0.1) is 0 Å². The van der Waals surface area contributed by atoms with Crippen molar-refractivity contribution in [1.29, 1.82) is 0 Å². The van der Waals surface area contributed by atoms with Crippen LogP contribution in [0.3, 0.4) is 0 Å². The van der Waals surface area contributed by atoms with E-state index in [-0.39, 0.29) is 24.8 Å². The molecule has 94 valence electrons. The Labute approximate surface area is 96.0 Å². The van der Waals surface area contributed by atoms with Crippen molar-refractivity contribution in [3.05, 3.63) is 0 Å². The predicted molar refractivity (Wildman–Crippen MR) is 59.5 cm³/mol. The summed E-state index contributed by atoms with van der Waals surface area (Å²) in [5.74, 6) is -0.290. The molecule has 0 bridgehead atoms. The molecule has 0 spiro atoms. The van der Waals surface area contributed by atoms with Crippen molar-refractivity contribution in [3.8, 4) is 0 Å². The lowest BCUT2D eigenvalue weighted by molar-refractivity contribution is -0.129. The molecule has 0 saturated carbocycles. The number of carbonyl (C=O) groups is 1. The fourth-order valence-electron chi connectivity index (χ4n) is 1.59.